The number of benzene rings is 1. The van der Waals surface area contributed by atoms with Crippen molar-refractivity contribution in [3.63, 3.8) is 0 Å². The molecule has 0 fully saturated rings. The largest absolute Gasteiger partial charge is 0.347 e. The summed E-state index contributed by atoms with van der Waals surface area (Å²) < 4.78 is 0. The van der Waals surface area contributed by atoms with Crippen LogP contribution in [0.5, 0.6) is 0 Å². The Bertz CT molecular complexity index is 677. The van der Waals surface area contributed by atoms with Crippen LogP contribution in [-0.4, -0.2) is 25.8 Å². The van der Waals surface area contributed by atoms with Gasteiger partial charge in [0.15, 0.2) is 5.78 Å². The van der Waals surface area contributed by atoms with E-state index in [1.165, 1.54) is 28.7 Å². The fourth-order valence-electron chi connectivity index (χ4n) is 2.20. The summed E-state index contributed by atoms with van der Waals surface area (Å²) in [6.07, 6.45) is 0. The highest BCUT2D eigenvalue weighted by atomic mass is 32.1. The Morgan fingerprint density at radius 1 is 1.05 bits per heavy atom. The van der Waals surface area contributed by atoms with E-state index in [4.69, 9.17) is 0 Å². The molecule has 1 heterocycles. The Hall–Kier alpha value is -1.98. The van der Waals surface area contributed by atoms with Crippen LogP contribution in [0, 0.1) is 0 Å². The summed E-state index contributed by atoms with van der Waals surface area (Å²) in [6.45, 7) is 2.92. The van der Waals surface area contributed by atoms with Gasteiger partial charge < -0.3 is 10.2 Å². The van der Waals surface area contributed by atoms with Gasteiger partial charge in [0.25, 0.3) is 5.91 Å². The topological polar surface area (TPSA) is 50.6 Å². The molecule has 0 aliphatic carbocycles. The molecule has 4 nitrogen and oxygen atoms in total. The average Bonchev–Trinajstić information content (AvgIpc) is 2.95. The maximum absolute atomic E-state index is 12.2. The summed E-state index contributed by atoms with van der Waals surface area (Å²) in [7, 11) is 4.20. The summed E-state index contributed by atoms with van der Waals surface area (Å²) >= 11 is 1.23. The van der Waals surface area contributed by atoms with Crippen molar-refractivity contribution in [1.82, 2.24) is 5.32 Å². The minimum Gasteiger partial charge on any atom is -0.347 e. The first-order valence-corrected chi connectivity index (χ1v) is 8.04. The molecule has 2 N–H and O–H groups in total. The van der Waals surface area contributed by atoms with Gasteiger partial charge in [0.05, 0.1) is 23.8 Å². The Labute approximate surface area is 134 Å². The number of hydrogen-bond acceptors (Lipinski definition) is 3. The van der Waals surface area contributed by atoms with Crippen molar-refractivity contribution in [3.8, 4) is 0 Å². The standard InChI is InChI=1S/C17H20N2O2S/c1-12(20)15-8-9-16(22-15)17(21)18-10-13-6-4-5-7-14(13)11-19(2)3/h4-9H,10-11H2,1-3H3,(H,18,21)/p+1. The summed E-state index contributed by atoms with van der Waals surface area (Å²) in [5.41, 5.74) is 2.36. The number of thiophene rings is 1. The molecule has 1 aromatic heterocycles. The zero-order valence-corrected chi connectivity index (χ0v) is 13.9. The van der Waals surface area contributed by atoms with Crippen LogP contribution < -0.4 is 10.2 Å². The summed E-state index contributed by atoms with van der Waals surface area (Å²) in [6, 6.07) is 11.5. The molecule has 0 saturated heterocycles. The van der Waals surface area contributed by atoms with Gasteiger partial charge in [0.1, 0.15) is 6.54 Å². The summed E-state index contributed by atoms with van der Waals surface area (Å²) in [5, 5.41) is 2.93. The van der Waals surface area contributed by atoms with Crippen LogP contribution in [0.4, 0.5) is 0 Å². The molecule has 0 atom stereocenters. The highest BCUT2D eigenvalue weighted by molar-refractivity contribution is 7.15. The minimum atomic E-state index is -0.135. The van der Waals surface area contributed by atoms with Crippen molar-refractivity contribution in [2.45, 2.75) is 20.0 Å². The van der Waals surface area contributed by atoms with Gasteiger partial charge in [-0.25, -0.2) is 0 Å². The molecule has 116 valence electrons. The summed E-state index contributed by atoms with van der Waals surface area (Å²) in [5.74, 6) is -0.146. The lowest BCUT2D eigenvalue weighted by Gasteiger charge is -2.12. The van der Waals surface area contributed by atoms with Crippen molar-refractivity contribution in [2.24, 2.45) is 0 Å². The van der Waals surface area contributed by atoms with Gasteiger partial charge in [-0.05, 0) is 24.6 Å². The van der Waals surface area contributed by atoms with Gasteiger partial charge in [0.2, 0.25) is 0 Å². The average molecular weight is 317 g/mol. The molecule has 0 bridgehead atoms. The fourth-order valence-corrected chi connectivity index (χ4v) is 3.01. The van der Waals surface area contributed by atoms with Crippen LogP contribution in [0.3, 0.4) is 0 Å². The highest BCUT2D eigenvalue weighted by Gasteiger charge is 2.12. The molecule has 0 radical (unpaired) electrons. The van der Waals surface area contributed by atoms with E-state index in [0.29, 0.717) is 16.3 Å². The third-order valence-electron chi connectivity index (χ3n) is 3.28. The number of quaternary nitrogens is 1. The van der Waals surface area contributed by atoms with Gasteiger partial charge in [-0.15, -0.1) is 11.3 Å². The molecule has 22 heavy (non-hydrogen) atoms. The second kappa shape index (κ2) is 7.33. The van der Waals surface area contributed by atoms with E-state index >= 15 is 0 Å². The van der Waals surface area contributed by atoms with Crippen LogP contribution >= 0.6 is 11.3 Å². The molecule has 1 amide bonds. The van der Waals surface area contributed by atoms with E-state index in [1.54, 1.807) is 12.1 Å². The zero-order valence-electron chi connectivity index (χ0n) is 13.1. The third-order valence-corrected chi connectivity index (χ3v) is 4.46. The maximum Gasteiger partial charge on any atom is 0.261 e. The molecule has 0 aliphatic heterocycles. The van der Waals surface area contributed by atoms with Crippen molar-refractivity contribution >= 4 is 23.0 Å². The first-order valence-electron chi connectivity index (χ1n) is 7.22. The number of carbonyl (C=O) groups excluding carboxylic acids is 2. The Morgan fingerprint density at radius 3 is 2.27 bits per heavy atom. The highest BCUT2D eigenvalue weighted by Crippen LogP contribution is 2.17. The number of amides is 1. The fraction of sp³-hybridized carbons (Fsp3) is 0.294. The smallest absolute Gasteiger partial charge is 0.261 e. The lowest BCUT2D eigenvalue weighted by atomic mass is 10.1. The van der Waals surface area contributed by atoms with Gasteiger partial charge in [-0.3, -0.25) is 9.59 Å². The number of nitrogens with one attached hydrogen (secondary N) is 2. The van der Waals surface area contributed by atoms with Crippen LogP contribution in [0.25, 0.3) is 0 Å². The van der Waals surface area contributed by atoms with Crippen molar-refractivity contribution in [1.29, 1.82) is 0 Å². The van der Waals surface area contributed by atoms with Crippen molar-refractivity contribution in [2.75, 3.05) is 14.1 Å². The third kappa shape index (κ3) is 4.26. The van der Waals surface area contributed by atoms with E-state index in [0.717, 1.165) is 12.1 Å². The first kappa shape index (κ1) is 16.4. The van der Waals surface area contributed by atoms with Crippen LogP contribution in [-0.2, 0) is 13.1 Å². The Morgan fingerprint density at radius 2 is 1.68 bits per heavy atom. The second-order valence-electron chi connectivity index (χ2n) is 5.56. The summed E-state index contributed by atoms with van der Waals surface area (Å²) in [4.78, 5) is 26.0. The van der Waals surface area contributed by atoms with Crippen LogP contribution in [0.2, 0.25) is 0 Å². The molecule has 5 heteroatoms. The van der Waals surface area contributed by atoms with E-state index in [2.05, 4.69) is 25.5 Å². The molecular formula is C17H21N2O2S+. The SMILES string of the molecule is CC(=O)c1ccc(C(=O)NCc2ccccc2C[NH+](C)C)s1. The van der Waals surface area contributed by atoms with Gasteiger partial charge >= 0.3 is 0 Å². The first-order chi connectivity index (χ1) is 10.5. The zero-order chi connectivity index (χ0) is 16.1. The maximum atomic E-state index is 12.2. The van der Waals surface area contributed by atoms with Crippen LogP contribution in [0.15, 0.2) is 36.4 Å². The van der Waals surface area contributed by atoms with Crippen molar-refractivity contribution in [3.05, 3.63) is 57.3 Å². The molecule has 2 rings (SSSR count). The van der Waals surface area contributed by atoms with Gasteiger partial charge in [-0.1, -0.05) is 24.3 Å². The van der Waals surface area contributed by atoms with Gasteiger partial charge in [-0.2, -0.15) is 0 Å². The number of rotatable bonds is 6. The molecule has 0 aliphatic rings. The molecule has 0 unspecified atom stereocenters. The normalized spacial score (nSPS) is 10.7. The Kier molecular flexibility index (Phi) is 5.46. The molecular weight excluding hydrogens is 296 g/mol. The number of hydrogen-bond donors (Lipinski definition) is 2. The predicted molar refractivity (Wildman–Crippen MR) is 88.5 cm³/mol. The predicted octanol–water partition coefficient (Wildman–Crippen LogP) is 1.53. The lowest BCUT2D eigenvalue weighted by Crippen LogP contribution is -3.04. The van der Waals surface area contributed by atoms with E-state index in [9.17, 15) is 9.59 Å². The Balaban J connectivity index is 2.03. The monoisotopic (exact) mass is 317 g/mol. The van der Waals surface area contributed by atoms with Crippen LogP contribution in [0.1, 0.15) is 37.4 Å². The van der Waals surface area contributed by atoms with Crippen molar-refractivity contribution < 1.29 is 14.5 Å². The molecule has 1 aromatic carbocycles. The van der Waals surface area contributed by atoms with E-state index in [-0.39, 0.29) is 11.7 Å². The molecule has 0 saturated carbocycles. The molecule has 0 spiro atoms. The minimum absolute atomic E-state index is 0.0108. The van der Waals surface area contributed by atoms with E-state index in [1.807, 2.05) is 18.2 Å². The number of carbonyl (C=O) groups is 2. The lowest BCUT2D eigenvalue weighted by molar-refractivity contribution is -0.872. The quantitative estimate of drug-likeness (QED) is 0.794. The van der Waals surface area contributed by atoms with E-state index < -0.39 is 0 Å². The van der Waals surface area contributed by atoms with Gasteiger partial charge in [0, 0.05) is 12.1 Å². The number of ketones is 1. The number of Topliss-reactive ketones (excluding diaryl/α,β-unsaturated/α-hetero) is 1. The second-order valence-corrected chi connectivity index (χ2v) is 6.64. The molecule has 2 aromatic rings.